The van der Waals surface area contributed by atoms with E-state index in [1.807, 2.05) is 0 Å². The van der Waals surface area contributed by atoms with Gasteiger partial charge in [-0.05, 0) is 37.3 Å². The lowest BCUT2D eigenvalue weighted by atomic mass is 10.1. The molecule has 1 aromatic carbocycles. The maximum atomic E-state index is 11.1. The Balaban J connectivity index is 2.22. The van der Waals surface area contributed by atoms with Crippen LogP contribution in [-0.4, -0.2) is 17.1 Å². The van der Waals surface area contributed by atoms with E-state index in [0.717, 1.165) is 12.8 Å². The van der Waals surface area contributed by atoms with Gasteiger partial charge in [-0.2, -0.15) is 0 Å². The molecule has 1 aromatic rings. The van der Waals surface area contributed by atoms with E-state index in [0.29, 0.717) is 23.3 Å². The fraction of sp³-hybridized carbons (Fsp3) is 0.462. The van der Waals surface area contributed by atoms with Crippen LogP contribution in [0.1, 0.15) is 36.5 Å². The summed E-state index contributed by atoms with van der Waals surface area (Å²) in [5.41, 5.74) is 7.17. The van der Waals surface area contributed by atoms with Crippen LogP contribution in [-0.2, 0) is 0 Å². The zero-order valence-corrected chi connectivity index (χ0v) is 9.94. The molecule has 2 rings (SSSR count). The summed E-state index contributed by atoms with van der Waals surface area (Å²) in [6, 6.07) is 5.32. The molecular weight excluding hydrogens is 216 g/mol. The number of carboxylic acid groups (broad SMARTS) is 1. The standard InChI is InChI=1S/C13H18N2O2/c1-8-5-6-9(7-8)15-12-10(13(16)17)3-2-4-11(12)14/h2-4,8-9,15H,5-7,14H2,1H3,(H,16,17). The second-order valence-electron chi connectivity index (χ2n) is 4.83. The Hall–Kier alpha value is -1.71. The van der Waals surface area contributed by atoms with Gasteiger partial charge in [-0.25, -0.2) is 4.79 Å². The summed E-state index contributed by atoms with van der Waals surface area (Å²) in [6.07, 6.45) is 3.34. The second-order valence-corrected chi connectivity index (χ2v) is 4.83. The number of carboxylic acids is 1. The highest BCUT2D eigenvalue weighted by atomic mass is 16.4. The van der Waals surface area contributed by atoms with E-state index < -0.39 is 5.97 Å². The molecule has 0 aromatic heterocycles. The molecule has 0 spiro atoms. The zero-order chi connectivity index (χ0) is 12.4. The first-order valence-corrected chi connectivity index (χ1v) is 5.96. The van der Waals surface area contributed by atoms with Crippen LogP contribution in [0, 0.1) is 5.92 Å². The van der Waals surface area contributed by atoms with E-state index in [2.05, 4.69) is 12.2 Å². The average Bonchev–Trinajstić information content (AvgIpc) is 2.67. The van der Waals surface area contributed by atoms with Crippen molar-refractivity contribution in [2.45, 2.75) is 32.2 Å². The van der Waals surface area contributed by atoms with Gasteiger partial charge in [0.2, 0.25) is 0 Å². The molecule has 92 valence electrons. The smallest absolute Gasteiger partial charge is 0.337 e. The molecule has 1 fully saturated rings. The van der Waals surface area contributed by atoms with Gasteiger partial charge in [0.05, 0.1) is 16.9 Å². The van der Waals surface area contributed by atoms with Gasteiger partial charge >= 0.3 is 5.97 Å². The molecular formula is C13H18N2O2. The third kappa shape index (κ3) is 2.52. The van der Waals surface area contributed by atoms with E-state index in [4.69, 9.17) is 10.8 Å². The number of hydrogen-bond acceptors (Lipinski definition) is 3. The van der Waals surface area contributed by atoms with Crippen molar-refractivity contribution in [3.05, 3.63) is 23.8 Å². The van der Waals surface area contributed by atoms with Crippen molar-refractivity contribution < 1.29 is 9.90 Å². The lowest BCUT2D eigenvalue weighted by molar-refractivity contribution is 0.0698. The zero-order valence-electron chi connectivity index (χ0n) is 9.94. The molecule has 2 atom stereocenters. The SMILES string of the molecule is CC1CCC(Nc2c(N)cccc2C(=O)O)C1. The first kappa shape index (κ1) is 11.8. The van der Waals surface area contributed by atoms with Gasteiger partial charge < -0.3 is 16.2 Å². The summed E-state index contributed by atoms with van der Waals surface area (Å²) in [5.74, 6) is -0.239. The van der Waals surface area contributed by atoms with Gasteiger partial charge in [-0.1, -0.05) is 13.0 Å². The molecule has 0 saturated heterocycles. The van der Waals surface area contributed by atoms with Crippen LogP contribution in [0.4, 0.5) is 11.4 Å². The Labute approximate surface area is 101 Å². The number of carbonyl (C=O) groups is 1. The highest BCUT2D eigenvalue weighted by Crippen LogP contribution is 2.31. The number of aromatic carboxylic acids is 1. The number of para-hydroxylation sites is 1. The van der Waals surface area contributed by atoms with Gasteiger partial charge in [-0.3, -0.25) is 0 Å². The minimum Gasteiger partial charge on any atom is -0.478 e. The van der Waals surface area contributed by atoms with Gasteiger partial charge in [0, 0.05) is 6.04 Å². The molecule has 4 heteroatoms. The summed E-state index contributed by atoms with van der Waals surface area (Å²) >= 11 is 0. The van der Waals surface area contributed by atoms with Crippen molar-refractivity contribution in [3.63, 3.8) is 0 Å². The molecule has 0 heterocycles. The van der Waals surface area contributed by atoms with E-state index in [1.54, 1.807) is 18.2 Å². The van der Waals surface area contributed by atoms with Crippen LogP contribution in [0.5, 0.6) is 0 Å². The fourth-order valence-electron chi connectivity index (χ4n) is 2.45. The molecule has 1 aliphatic carbocycles. The monoisotopic (exact) mass is 234 g/mol. The average molecular weight is 234 g/mol. The number of benzene rings is 1. The van der Waals surface area contributed by atoms with Crippen molar-refractivity contribution in [3.8, 4) is 0 Å². The predicted molar refractivity (Wildman–Crippen MR) is 68.2 cm³/mol. The first-order chi connectivity index (χ1) is 8.08. The molecule has 0 bridgehead atoms. The van der Waals surface area contributed by atoms with Crippen molar-refractivity contribution in [2.75, 3.05) is 11.1 Å². The summed E-state index contributed by atoms with van der Waals surface area (Å²) in [7, 11) is 0. The highest BCUT2D eigenvalue weighted by molar-refractivity contribution is 5.97. The molecule has 1 aliphatic rings. The van der Waals surface area contributed by atoms with Crippen LogP contribution >= 0.6 is 0 Å². The van der Waals surface area contributed by atoms with E-state index >= 15 is 0 Å². The minimum absolute atomic E-state index is 0.254. The molecule has 0 radical (unpaired) electrons. The number of rotatable bonds is 3. The summed E-state index contributed by atoms with van der Waals surface area (Å²) in [5, 5.41) is 12.4. The molecule has 4 nitrogen and oxygen atoms in total. The Morgan fingerprint density at radius 2 is 2.24 bits per heavy atom. The van der Waals surface area contributed by atoms with Crippen molar-refractivity contribution >= 4 is 17.3 Å². The molecule has 4 N–H and O–H groups in total. The Morgan fingerprint density at radius 1 is 1.47 bits per heavy atom. The molecule has 0 amide bonds. The Morgan fingerprint density at radius 3 is 2.82 bits per heavy atom. The fourth-order valence-corrected chi connectivity index (χ4v) is 2.45. The van der Waals surface area contributed by atoms with Crippen molar-refractivity contribution in [2.24, 2.45) is 5.92 Å². The Kier molecular flexibility index (Phi) is 3.22. The lowest BCUT2D eigenvalue weighted by Gasteiger charge is -2.17. The normalized spacial score (nSPS) is 23.6. The minimum atomic E-state index is -0.939. The lowest BCUT2D eigenvalue weighted by Crippen LogP contribution is -2.18. The van der Waals surface area contributed by atoms with Gasteiger partial charge in [0.25, 0.3) is 0 Å². The van der Waals surface area contributed by atoms with E-state index in [-0.39, 0.29) is 5.56 Å². The Bertz CT molecular complexity index is 431. The maximum Gasteiger partial charge on any atom is 0.337 e. The van der Waals surface area contributed by atoms with E-state index in [1.165, 1.54) is 6.42 Å². The number of hydrogen-bond donors (Lipinski definition) is 3. The topological polar surface area (TPSA) is 75.3 Å². The van der Waals surface area contributed by atoms with E-state index in [9.17, 15) is 4.79 Å². The van der Waals surface area contributed by atoms with Gasteiger partial charge in [-0.15, -0.1) is 0 Å². The summed E-state index contributed by atoms with van der Waals surface area (Å²) < 4.78 is 0. The quantitative estimate of drug-likeness (QED) is 0.702. The third-order valence-corrected chi connectivity index (χ3v) is 3.37. The number of nitrogens with one attached hydrogen (secondary N) is 1. The van der Waals surface area contributed by atoms with Gasteiger partial charge in [0.1, 0.15) is 0 Å². The van der Waals surface area contributed by atoms with Crippen molar-refractivity contribution in [1.82, 2.24) is 0 Å². The van der Waals surface area contributed by atoms with Crippen LogP contribution in [0.25, 0.3) is 0 Å². The predicted octanol–water partition coefficient (Wildman–Crippen LogP) is 2.57. The second kappa shape index (κ2) is 4.65. The third-order valence-electron chi connectivity index (χ3n) is 3.37. The van der Waals surface area contributed by atoms with Gasteiger partial charge in [0.15, 0.2) is 0 Å². The molecule has 0 aliphatic heterocycles. The summed E-state index contributed by atoms with van der Waals surface area (Å²) in [6.45, 7) is 2.22. The number of nitrogens with two attached hydrogens (primary N) is 1. The van der Waals surface area contributed by atoms with Crippen molar-refractivity contribution in [1.29, 1.82) is 0 Å². The molecule has 1 saturated carbocycles. The first-order valence-electron chi connectivity index (χ1n) is 5.96. The largest absolute Gasteiger partial charge is 0.478 e. The van der Waals surface area contributed by atoms with Crippen LogP contribution in [0.15, 0.2) is 18.2 Å². The van der Waals surface area contributed by atoms with Crippen LogP contribution < -0.4 is 11.1 Å². The highest BCUT2D eigenvalue weighted by Gasteiger charge is 2.23. The summed E-state index contributed by atoms with van der Waals surface area (Å²) in [4.78, 5) is 11.1. The molecule has 2 unspecified atom stereocenters. The van der Waals surface area contributed by atoms with Crippen LogP contribution in [0.2, 0.25) is 0 Å². The van der Waals surface area contributed by atoms with Crippen LogP contribution in [0.3, 0.4) is 0 Å². The molecule has 17 heavy (non-hydrogen) atoms. The number of nitrogen functional groups attached to an aromatic ring is 1. The maximum absolute atomic E-state index is 11.1. The number of anilines is 2.